The Morgan fingerprint density at radius 2 is 1.83 bits per heavy atom. The van der Waals surface area contributed by atoms with Gasteiger partial charge in [-0.25, -0.2) is 4.79 Å². The fourth-order valence-corrected chi connectivity index (χ4v) is 3.35. The molecule has 8 nitrogen and oxygen atoms in total. The second kappa shape index (κ2) is 8.30. The molecule has 1 saturated heterocycles. The Morgan fingerprint density at radius 1 is 1.07 bits per heavy atom. The normalized spacial score (nSPS) is 15.4. The van der Waals surface area contributed by atoms with E-state index in [1.165, 1.54) is 4.90 Å². The SMILES string of the molecule is CCOc1ccc(N2CCN(CC(=O)Nc3ccc4c(c3)OCCO4)C2=O)cc1. The van der Waals surface area contributed by atoms with Crippen LogP contribution in [0.2, 0.25) is 0 Å². The highest BCUT2D eigenvalue weighted by Gasteiger charge is 2.30. The van der Waals surface area contributed by atoms with E-state index >= 15 is 0 Å². The molecule has 1 fully saturated rings. The average Bonchev–Trinajstić information content (AvgIpc) is 3.09. The highest BCUT2D eigenvalue weighted by molar-refractivity contribution is 5.99. The molecule has 0 atom stereocenters. The molecule has 29 heavy (non-hydrogen) atoms. The van der Waals surface area contributed by atoms with Gasteiger partial charge in [0.05, 0.1) is 6.61 Å². The average molecular weight is 397 g/mol. The van der Waals surface area contributed by atoms with Crippen LogP contribution in [-0.4, -0.2) is 56.3 Å². The minimum absolute atomic E-state index is 0.0131. The molecule has 0 saturated carbocycles. The number of carbonyl (C=O) groups excluding carboxylic acids is 2. The van der Waals surface area contributed by atoms with Crippen LogP contribution in [-0.2, 0) is 4.79 Å². The van der Waals surface area contributed by atoms with Gasteiger partial charge < -0.3 is 24.4 Å². The molecular weight excluding hydrogens is 374 g/mol. The van der Waals surface area contributed by atoms with Crippen LogP contribution in [0, 0.1) is 0 Å². The van der Waals surface area contributed by atoms with Crippen LogP contribution >= 0.6 is 0 Å². The van der Waals surface area contributed by atoms with Crippen LogP contribution in [0.5, 0.6) is 17.2 Å². The Bertz CT molecular complexity index is 900. The summed E-state index contributed by atoms with van der Waals surface area (Å²) in [5.41, 5.74) is 1.39. The summed E-state index contributed by atoms with van der Waals surface area (Å²) in [5, 5.41) is 2.81. The van der Waals surface area contributed by atoms with Gasteiger partial charge in [-0.3, -0.25) is 9.69 Å². The molecule has 2 aromatic carbocycles. The van der Waals surface area contributed by atoms with Gasteiger partial charge in [-0.15, -0.1) is 0 Å². The molecule has 1 N–H and O–H groups in total. The van der Waals surface area contributed by atoms with Gasteiger partial charge in [-0.2, -0.15) is 0 Å². The van der Waals surface area contributed by atoms with E-state index in [0.29, 0.717) is 50.1 Å². The third kappa shape index (κ3) is 4.21. The lowest BCUT2D eigenvalue weighted by atomic mass is 10.2. The molecule has 2 aromatic rings. The third-order valence-corrected chi connectivity index (χ3v) is 4.71. The van der Waals surface area contributed by atoms with Crippen molar-refractivity contribution in [1.29, 1.82) is 0 Å². The Hall–Kier alpha value is -3.42. The van der Waals surface area contributed by atoms with E-state index in [9.17, 15) is 9.59 Å². The molecule has 0 spiro atoms. The van der Waals surface area contributed by atoms with Crippen molar-refractivity contribution in [2.45, 2.75) is 6.92 Å². The van der Waals surface area contributed by atoms with Crippen molar-refractivity contribution in [3.63, 3.8) is 0 Å². The van der Waals surface area contributed by atoms with Gasteiger partial charge in [-0.1, -0.05) is 0 Å². The fourth-order valence-electron chi connectivity index (χ4n) is 3.35. The summed E-state index contributed by atoms with van der Waals surface area (Å²) in [6.45, 7) is 4.51. The summed E-state index contributed by atoms with van der Waals surface area (Å²) in [4.78, 5) is 28.3. The van der Waals surface area contributed by atoms with Gasteiger partial charge in [0.25, 0.3) is 0 Å². The smallest absolute Gasteiger partial charge is 0.325 e. The number of fused-ring (bicyclic) bond motifs is 1. The maximum Gasteiger partial charge on any atom is 0.325 e. The molecule has 3 amide bonds. The van der Waals surface area contributed by atoms with Crippen LogP contribution in [0.1, 0.15) is 6.92 Å². The first-order chi connectivity index (χ1) is 14.1. The summed E-state index contributed by atoms with van der Waals surface area (Å²) in [5.74, 6) is 1.77. The summed E-state index contributed by atoms with van der Waals surface area (Å²) in [7, 11) is 0. The lowest BCUT2D eigenvalue weighted by Crippen LogP contribution is -2.37. The van der Waals surface area contributed by atoms with Crippen molar-refractivity contribution in [3.8, 4) is 17.2 Å². The first-order valence-corrected chi connectivity index (χ1v) is 9.63. The van der Waals surface area contributed by atoms with Gasteiger partial charge in [-0.05, 0) is 43.3 Å². The highest BCUT2D eigenvalue weighted by Crippen LogP contribution is 2.32. The van der Waals surface area contributed by atoms with E-state index in [1.54, 1.807) is 23.1 Å². The molecule has 8 heteroatoms. The summed E-state index contributed by atoms with van der Waals surface area (Å²) < 4.78 is 16.4. The van der Waals surface area contributed by atoms with Gasteiger partial charge in [0, 0.05) is 30.5 Å². The lowest BCUT2D eigenvalue weighted by molar-refractivity contribution is -0.116. The summed E-state index contributed by atoms with van der Waals surface area (Å²) in [6, 6.07) is 12.4. The Morgan fingerprint density at radius 3 is 2.59 bits per heavy atom. The van der Waals surface area contributed by atoms with E-state index in [2.05, 4.69) is 5.32 Å². The first kappa shape index (κ1) is 18.9. The van der Waals surface area contributed by atoms with E-state index in [-0.39, 0.29) is 18.5 Å². The number of hydrogen-bond acceptors (Lipinski definition) is 5. The number of hydrogen-bond donors (Lipinski definition) is 1. The summed E-state index contributed by atoms with van der Waals surface area (Å²) >= 11 is 0. The maximum atomic E-state index is 12.7. The molecule has 2 aliphatic heterocycles. The van der Waals surface area contributed by atoms with Crippen LogP contribution < -0.4 is 24.4 Å². The number of nitrogens with one attached hydrogen (secondary N) is 1. The Kier molecular flexibility index (Phi) is 5.41. The molecular formula is C21H23N3O5. The molecule has 0 aromatic heterocycles. The molecule has 4 rings (SSSR count). The minimum atomic E-state index is -0.261. The van der Waals surface area contributed by atoms with Crippen molar-refractivity contribution >= 4 is 23.3 Å². The second-order valence-electron chi connectivity index (χ2n) is 6.69. The predicted molar refractivity (Wildman–Crippen MR) is 108 cm³/mol. The fraction of sp³-hybridized carbons (Fsp3) is 0.333. The highest BCUT2D eigenvalue weighted by atomic mass is 16.6. The quantitative estimate of drug-likeness (QED) is 0.811. The number of anilines is 2. The number of nitrogens with zero attached hydrogens (tertiary/aromatic N) is 2. The zero-order chi connectivity index (χ0) is 20.2. The Balaban J connectivity index is 1.35. The largest absolute Gasteiger partial charge is 0.494 e. The zero-order valence-electron chi connectivity index (χ0n) is 16.2. The standard InChI is InChI=1S/C21H23N3O5/c1-2-27-17-6-4-16(5-7-17)24-10-9-23(21(24)26)14-20(25)22-15-3-8-18-19(13-15)29-12-11-28-18/h3-8,13H,2,9-12,14H2,1H3,(H,22,25). The van der Waals surface area contributed by atoms with Crippen molar-refractivity contribution in [2.24, 2.45) is 0 Å². The zero-order valence-corrected chi connectivity index (χ0v) is 16.2. The molecule has 2 aliphatic rings. The molecule has 152 valence electrons. The van der Waals surface area contributed by atoms with Gasteiger partial charge in [0.15, 0.2) is 11.5 Å². The minimum Gasteiger partial charge on any atom is -0.494 e. The van der Waals surface area contributed by atoms with Crippen molar-refractivity contribution in [2.75, 3.05) is 49.7 Å². The predicted octanol–water partition coefficient (Wildman–Crippen LogP) is 2.74. The maximum absolute atomic E-state index is 12.7. The van der Waals surface area contributed by atoms with E-state index in [4.69, 9.17) is 14.2 Å². The molecule has 2 heterocycles. The van der Waals surface area contributed by atoms with Gasteiger partial charge >= 0.3 is 6.03 Å². The molecule has 0 unspecified atom stereocenters. The van der Waals surface area contributed by atoms with Crippen LogP contribution in [0.3, 0.4) is 0 Å². The molecule has 0 bridgehead atoms. The summed E-state index contributed by atoms with van der Waals surface area (Å²) in [6.07, 6.45) is 0. The number of urea groups is 1. The second-order valence-corrected chi connectivity index (χ2v) is 6.69. The number of benzene rings is 2. The molecule has 0 radical (unpaired) electrons. The van der Waals surface area contributed by atoms with Gasteiger partial charge in [0.2, 0.25) is 5.91 Å². The van der Waals surface area contributed by atoms with Crippen LogP contribution in [0.25, 0.3) is 0 Å². The number of rotatable bonds is 6. The van der Waals surface area contributed by atoms with E-state index in [0.717, 1.165) is 11.4 Å². The number of ether oxygens (including phenoxy) is 3. The third-order valence-electron chi connectivity index (χ3n) is 4.71. The topological polar surface area (TPSA) is 80.3 Å². The first-order valence-electron chi connectivity index (χ1n) is 9.63. The van der Waals surface area contributed by atoms with Crippen molar-refractivity contribution in [1.82, 2.24) is 4.90 Å². The van der Waals surface area contributed by atoms with Crippen LogP contribution in [0.4, 0.5) is 16.2 Å². The van der Waals surface area contributed by atoms with Crippen molar-refractivity contribution < 1.29 is 23.8 Å². The monoisotopic (exact) mass is 397 g/mol. The molecule has 0 aliphatic carbocycles. The van der Waals surface area contributed by atoms with Crippen LogP contribution in [0.15, 0.2) is 42.5 Å². The van der Waals surface area contributed by atoms with E-state index in [1.807, 2.05) is 31.2 Å². The number of amides is 3. The number of carbonyl (C=O) groups is 2. The van der Waals surface area contributed by atoms with Crippen molar-refractivity contribution in [3.05, 3.63) is 42.5 Å². The Labute approximate surface area is 168 Å². The lowest BCUT2D eigenvalue weighted by Gasteiger charge is -2.20. The van der Waals surface area contributed by atoms with E-state index < -0.39 is 0 Å². The van der Waals surface area contributed by atoms with Gasteiger partial charge in [0.1, 0.15) is 25.5 Å².